The zero-order valence-electron chi connectivity index (χ0n) is 31.4. The van der Waals surface area contributed by atoms with E-state index in [2.05, 4.69) is 4.98 Å². The van der Waals surface area contributed by atoms with Gasteiger partial charge in [-0.1, -0.05) is 12.1 Å². The van der Waals surface area contributed by atoms with Crippen LogP contribution in [-0.4, -0.2) is 54.0 Å². The van der Waals surface area contributed by atoms with Crippen LogP contribution in [0.5, 0.6) is 28.7 Å². The van der Waals surface area contributed by atoms with Gasteiger partial charge in [-0.2, -0.15) is 26.3 Å². The highest BCUT2D eigenvalue weighted by Crippen LogP contribution is 2.34. The highest BCUT2D eigenvalue weighted by Gasteiger charge is 2.31. The minimum atomic E-state index is -4.40. The number of nitrogen functional groups attached to an aromatic ring is 1. The van der Waals surface area contributed by atoms with Crippen molar-refractivity contribution in [3.8, 4) is 40.2 Å². The number of nitro benzene ring substituents is 1. The van der Waals surface area contributed by atoms with Gasteiger partial charge in [0, 0.05) is 23.3 Å². The average molecular weight is 855 g/mol. The molecule has 6 rings (SSSR count). The normalized spacial score (nSPS) is 10.5. The number of benzene rings is 5. The smallest absolute Gasteiger partial charge is 0.416 e. The molecule has 0 spiro atoms. The summed E-state index contributed by atoms with van der Waals surface area (Å²) in [5.41, 5.74) is 5.26. The van der Waals surface area contributed by atoms with Crippen LogP contribution in [-0.2, 0) is 17.1 Å². The molecule has 1 heterocycles. The molecule has 0 aliphatic rings. The molecular weight excluding hydrogens is 818 g/mol. The maximum absolute atomic E-state index is 12.7. The number of nitrogens with two attached hydrogens (primary N) is 1. The molecule has 316 valence electrons. The summed E-state index contributed by atoms with van der Waals surface area (Å²) < 4.78 is 100. The Labute approximate surface area is 338 Å². The summed E-state index contributed by atoms with van der Waals surface area (Å²) in [5, 5.41) is 35.6. The number of methoxy groups -OCH3 is 3. The number of anilines is 1. The SMILES string of the molecule is CCOC(=N)c1cccc(C(F)(F)F)c1.COc1ccc(O)c(N)c1.COc1ccc(O)c([N+](=O)[O-])c1.COc1ccc2oc(-c3cccc(C(F)(F)F)c3)nc2c1.Cl. The minimum Gasteiger partial charge on any atom is -0.506 e. The van der Waals surface area contributed by atoms with Crippen molar-refractivity contribution in [1.29, 1.82) is 5.41 Å². The van der Waals surface area contributed by atoms with Crippen LogP contribution in [0.25, 0.3) is 22.6 Å². The Balaban J connectivity index is 0.000000281. The number of hydrogen-bond acceptors (Lipinski definition) is 12. The van der Waals surface area contributed by atoms with Crippen LogP contribution >= 0.6 is 12.4 Å². The third kappa shape index (κ3) is 14.2. The summed E-state index contributed by atoms with van der Waals surface area (Å²) in [7, 11) is 4.47. The second kappa shape index (κ2) is 21.6. The lowest BCUT2D eigenvalue weighted by molar-refractivity contribution is -0.385. The van der Waals surface area contributed by atoms with Gasteiger partial charge in [-0.15, -0.1) is 12.4 Å². The van der Waals surface area contributed by atoms with Crippen LogP contribution in [0.3, 0.4) is 0 Å². The van der Waals surface area contributed by atoms with E-state index >= 15 is 0 Å². The van der Waals surface area contributed by atoms with Gasteiger partial charge in [-0.05, 0) is 79.7 Å². The fourth-order valence-corrected chi connectivity index (χ4v) is 4.49. The topological polar surface area (TPSA) is 196 Å². The fraction of sp³-hybridized carbons (Fsp3) is 0.179. The predicted molar refractivity (Wildman–Crippen MR) is 209 cm³/mol. The van der Waals surface area contributed by atoms with E-state index in [4.69, 9.17) is 44.7 Å². The van der Waals surface area contributed by atoms with Gasteiger partial charge in [-0.25, -0.2) is 4.98 Å². The zero-order chi connectivity index (χ0) is 43.2. The molecule has 5 aromatic carbocycles. The van der Waals surface area contributed by atoms with Crippen LogP contribution in [0, 0.1) is 15.5 Å². The van der Waals surface area contributed by atoms with Crippen molar-refractivity contribution in [2.45, 2.75) is 19.3 Å². The van der Waals surface area contributed by atoms with Gasteiger partial charge in [0.15, 0.2) is 11.3 Å². The lowest BCUT2D eigenvalue weighted by Gasteiger charge is -2.09. The Morgan fingerprint density at radius 1 is 0.780 bits per heavy atom. The summed E-state index contributed by atoms with van der Waals surface area (Å²) in [6, 6.07) is 23.0. The number of nitro groups is 1. The molecule has 0 saturated heterocycles. The van der Waals surface area contributed by atoms with E-state index < -0.39 is 28.4 Å². The molecule has 20 heteroatoms. The second-order valence-electron chi connectivity index (χ2n) is 11.3. The monoisotopic (exact) mass is 854 g/mol. The number of alkyl halides is 6. The molecule has 0 amide bonds. The molecule has 0 radical (unpaired) electrons. The van der Waals surface area contributed by atoms with Crippen LogP contribution in [0.1, 0.15) is 23.6 Å². The first kappa shape index (κ1) is 48.3. The van der Waals surface area contributed by atoms with Gasteiger partial charge in [0.25, 0.3) is 0 Å². The zero-order valence-corrected chi connectivity index (χ0v) is 32.2. The molecule has 13 nitrogen and oxygen atoms in total. The third-order valence-corrected chi connectivity index (χ3v) is 7.39. The molecule has 6 aromatic rings. The number of fused-ring (bicyclic) bond motifs is 1. The van der Waals surface area contributed by atoms with Crippen LogP contribution in [0.2, 0.25) is 0 Å². The summed E-state index contributed by atoms with van der Waals surface area (Å²) in [6.45, 7) is 1.93. The second-order valence-corrected chi connectivity index (χ2v) is 11.3. The minimum absolute atomic E-state index is 0. The summed E-state index contributed by atoms with van der Waals surface area (Å²) in [5.74, 6) is 1.22. The number of aromatic nitrogens is 1. The van der Waals surface area contributed by atoms with Crippen molar-refractivity contribution in [1.82, 2.24) is 4.98 Å². The number of aromatic hydroxyl groups is 2. The van der Waals surface area contributed by atoms with Gasteiger partial charge in [-0.3, -0.25) is 15.5 Å². The van der Waals surface area contributed by atoms with Crippen molar-refractivity contribution in [2.75, 3.05) is 33.7 Å². The summed E-state index contributed by atoms with van der Waals surface area (Å²) in [6.07, 6.45) is -8.78. The van der Waals surface area contributed by atoms with Crippen molar-refractivity contribution < 1.29 is 64.8 Å². The Morgan fingerprint density at radius 2 is 1.31 bits per heavy atom. The number of nitrogens with zero attached hydrogens (tertiary/aromatic N) is 2. The lowest BCUT2D eigenvalue weighted by Crippen LogP contribution is -2.09. The standard InChI is InChI=1S/C15H10F3NO2.C10H10F3NO.C7H7NO4.C7H9NO2.ClH/c1-20-11-5-6-13-12(8-11)19-14(21-13)9-3-2-4-10(7-9)15(16,17)18;1-2-15-9(14)7-4-3-5-8(6-7)10(11,12)13;1-12-5-2-3-7(9)6(4-5)8(10)11;1-10-5-2-3-7(9)6(8)4-5;/h2-8H,1H3;3-6,14H,2H2,1H3;2-4,9H,1H3;2-4,9H,8H2,1H3;1H. The van der Waals surface area contributed by atoms with Crippen LogP contribution in [0.4, 0.5) is 37.7 Å². The van der Waals surface area contributed by atoms with Gasteiger partial charge < -0.3 is 39.3 Å². The lowest BCUT2D eigenvalue weighted by atomic mass is 10.1. The Bertz CT molecular complexity index is 2320. The number of oxazole rings is 1. The Hall–Kier alpha value is -6.89. The van der Waals surface area contributed by atoms with Crippen molar-refractivity contribution in [3.05, 3.63) is 130 Å². The number of nitrogens with one attached hydrogen (secondary N) is 1. The van der Waals surface area contributed by atoms with E-state index in [1.807, 2.05) is 0 Å². The van der Waals surface area contributed by atoms with Crippen molar-refractivity contribution >= 4 is 40.8 Å². The summed E-state index contributed by atoms with van der Waals surface area (Å²) in [4.78, 5) is 13.8. The van der Waals surface area contributed by atoms with E-state index in [-0.39, 0.29) is 59.1 Å². The highest BCUT2D eigenvalue weighted by atomic mass is 35.5. The molecule has 0 aliphatic carbocycles. The first-order chi connectivity index (χ1) is 27.3. The van der Waals surface area contributed by atoms with Gasteiger partial charge in [0.2, 0.25) is 11.8 Å². The largest absolute Gasteiger partial charge is 0.506 e. The van der Waals surface area contributed by atoms with E-state index in [9.17, 15) is 36.5 Å². The van der Waals surface area contributed by atoms with E-state index in [0.717, 1.165) is 30.3 Å². The molecule has 1 aromatic heterocycles. The number of ether oxygens (including phenoxy) is 4. The molecule has 0 aliphatic heterocycles. The molecule has 0 atom stereocenters. The molecule has 5 N–H and O–H groups in total. The third-order valence-electron chi connectivity index (χ3n) is 7.39. The van der Waals surface area contributed by atoms with Gasteiger partial charge in [0.05, 0.1) is 55.7 Å². The maximum atomic E-state index is 12.7. The maximum Gasteiger partial charge on any atom is 0.416 e. The van der Waals surface area contributed by atoms with Crippen LogP contribution < -0.4 is 19.9 Å². The first-order valence-corrected chi connectivity index (χ1v) is 16.5. The average Bonchev–Trinajstić information content (AvgIpc) is 3.63. The molecule has 59 heavy (non-hydrogen) atoms. The van der Waals surface area contributed by atoms with Gasteiger partial charge >= 0.3 is 18.0 Å². The first-order valence-electron chi connectivity index (χ1n) is 16.5. The van der Waals surface area contributed by atoms with Gasteiger partial charge in [0.1, 0.15) is 28.5 Å². The molecule has 0 unspecified atom stereocenters. The molecule has 0 saturated carbocycles. The predicted octanol–water partition coefficient (Wildman–Crippen LogP) is 10.3. The Kier molecular flexibility index (Phi) is 17.7. The number of rotatable bonds is 7. The van der Waals surface area contributed by atoms with E-state index in [1.54, 1.807) is 44.4 Å². The van der Waals surface area contributed by atoms with Crippen LogP contribution in [0.15, 0.2) is 108 Å². The number of halogens is 7. The quantitative estimate of drug-likeness (QED) is 0.0227. The molecule has 0 fully saturated rings. The molecule has 0 bridgehead atoms. The summed E-state index contributed by atoms with van der Waals surface area (Å²) >= 11 is 0. The van der Waals surface area contributed by atoms with E-state index in [1.165, 1.54) is 56.7 Å². The van der Waals surface area contributed by atoms with E-state index in [0.29, 0.717) is 34.0 Å². The Morgan fingerprint density at radius 3 is 1.85 bits per heavy atom. The molecular formula is C39H37ClF6N4O9. The number of phenolic OH excluding ortho intramolecular Hbond substituents is 2. The number of hydrogen-bond donors (Lipinski definition) is 4. The highest BCUT2D eigenvalue weighted by molar-refractivity contribution is 5.91. The fourth-order valence-electron chi connectivity index (χ4n) is 4.49. The van der Waals surface area contributed by atoms with Crippen molar-refractivity contribution in [2.24, 2.45) is 0 Å². The number of phenols is 2. The van der Waals surface area contributed by atoms with Crippen molar-refractivity contribution in [3.63, 3.8) is 0 Å².